The Morgan fingerprint density at radius 3 is 2.63 bits per heavy atom. The first-order valence-electron chi connectivity index (χ1n) is 4.77. The summed E-state index contributed by atoms with van der Waals surface area (Å²) in [5.41, 5.74) is 0.341. The molecule has 19 heavy (non-hydrogen) atoms. The average Bonchev–Trinajstić information content (AvgIpc) is 2.34. The predicted octanol–water partition coefficient (Wildman–Crippen LogP) is 2.17. The third-order valence-corrected chi connectivity index (χ3v) is 3.63. The minimum atomic E-state index is -4.28. The van der Waals surface area contributed by atoms with E-state index in [2.05, 4.69) is 20.7 Å². The van der Waals surface area contributed by atoms with Gasteiger partial charge in [0.1, 0.15) is 5.02 Å². The lowest BCUT2D eigenvalue weighted by Gasteiger charge is -2.07. The van der Waals surface area contributed by atoms with Gasteiger partial charge >= 0.3 is 0 Å². The Hall–Kier alpha value is -1.48. The van der Waals surface area contributed by atoms with E-state index < -0.39 is 10.1 Å². The third kappa shape index (κ3) is 3.29. The zero-order valence-corrected chi connectivity index (χ0v) is 11.4. The summed E-state index contributed by atoms with van der Waals surface area (Å²) in [5, 5.41) is 13.2. The van der Waals surface area contributed by atoms with E-state index in [0.29, 0.717) is 5.69 Å². The monoisotopic (exact) mass is 320 g/mol. The Bertz CT molecular complexity index is 723. The van der Waals surface area contributed by atoms with E-state index in [4.69, 9.17) is 27.8 Å². The summed E-state index contributed by atoms with van der Waals surface area (Å²) < 4.78 is 30.9. The molecule has 0 spiro atoms. The zero-order valence-electron chi connectivity index (χ0n) is 9.08. The summed E-state index contributed by atoms with van der Waals surface area (Å²) in [5.74, 6) is 0.120. The van der Waals surface area contributed by atoms with E-state index in [1.54, 1.807) is 6.07 Å². The van der Waals surface area contributed by atoms with E-state index in [0.717, 1.165) is 0 Å². The molecule has 1 aromatic carbocycles. The van der Waals surface area contributed by atoms with Crippen molar-refractivity contribution in [2.45, 2.75) is 4.90 Å². The maximum absolute atomic E-state index is 11.0. The number of anilines is 2. The molecule has 0 fully saturated rings. The van der Waals surface area contributed by atoms with Gasteiger partial charge in [-0.05, 0) is 23.4 Å². The lowest BCUT2D eigenvalue weighted by Crippen LogP contribution is -2.01. The minimum absolute atomic E-state index is 0.0369. The molecular weight excluding hydrogens is 315 g/mol. The summed E-state index contributed by atoms with van der Waals surface area (Å²) in [4.78, 5) is -0.262. The number of rotatable bonds is 3. The number of benzene rings is 1. The highest BCUT2D eigenvalue weighted by Crippen LogP contribution is 2.27. The van der Waals surface area contributed by atoms with E-state index in [1.165, 1.54) is 18.2 Å². The predicted molar refractivity (Wildman–Crippen MR) is 69.4 cm³/mol. The molecule has 0 saturated heterocycles. The Morgan fingerprint density at radius 1 is 1.21 bits per heavy atom. The molecule has 7 nitrogen and oxygen atoms in total. The Labute approximate surface area is 118 Å². The van der Waals surface area contributed by atoms with Gasteiger partial charge in [0.25, 0.3) is 10.1 Å². The molecule has 0 bridgehead atoms. The molecule has 0 amide bonds. The second-order valence-corrected chi connectivity index (χ2v) is 5.53. The fourth-order valence-electron chi connectivity index (χ4n) is 1.24. The molecule has 0 atom stereocenters. The minimum Gasteiger partial charge on any atom is -0.337 e. The summed E-state index contributed by atoms with van der Waals surface area (Å²) in [6.07, 6.45) is 0. The van der Waals surface area contributed by atoms with Crippen LogP contribution in [0.25, 0.3) is 0 Å². The second-order valence-electron chi connectivity index (χ2n) is 3.37. The summed E-state index contributed by atoms with van der Waals surface area (Å²) in [6, 6.07) is 5.45. The van der Waals surface area contributed by atoms with Gasteiger partial charge in [-0.2, -0.15) is 8.42 Å². The molecule has 2 rings (SSSR count). The Morgan fingerprint density at radius 2 is 1.95 bits per heavy atom. The standard InChI is InChI=1S/C9H6Cl2N4O3S/c10-7-8(11)13-15-14-9(7)12-5-2-1-3-6(4-5)19(16,17)18/h1-4H,(H,12,13,14)(H,16,17,18). The first-order valence-corrected chi connectivity index (χ1v) is 6.96. The van der Waals surface area contributed by atoms with Crippen molar-refractivity contribution in [3.63, 3.8) is 0 Å². The molecule has 1 aromatic heterocycles. The molecule has 0 saturated carbocycles. The van der Waals surface area contributed by atoms with Gasteiger partial charge in [-0.15, -0.1) is 10.2 Å². The van der Waals surface area contributed by atoms with Crippen LogP contribution >= 0.6 is 23.2 Å². The van der Waals surface area contributed by atoms with Crippen LogP contribution in [0.3, 0.4) is 0 Å². The topological polar surface area (TPSA) is 105 Å². The van der Waals surface area contributed by atoms with Crippen molar-refractivity contribution >= 4 is 44.8 Å². The molecule has 0 unspecified atom stereocenters. The molecule has 2 N–H and O–H groups in total. The van der Waals surface area contributed by atoms with Gasteiger partial charge in [0.15, 0.2) is 11.0 Å². The maximum Gasteiger partial charge on any atom is 0.294 e. The first-order chi connectivity index (χ1) is 8.88. The number of nitrogens with zero attached hydrogens (tertiary/aromatic N) is 3. The van der Waals surface area contributed by atoms with Crippen molar-refractivity contribution in [2.75, 3.05) is 5.32 Å². The number of hydrogen-bond acceptors (Lipinski definition) is 6. The molecule has 2 aromatic rings. The van der Waals surface area contributed by atoms with E-state index in [-0.39, 0.29) is 20.9 Å². The van der Waals surface area contributed by atoms with Crippen LogP contribution in [0.4, 0.5) is 11.5 Å². The van der Waals surface area contributed by atoms with Crippen LogP contribution < -0.4 is 5.32 Å². The van der Waals surface area contributed by atoms with Gasteiger partial charge in [0.05, 0.1) is 4.90 Å². The smallest absolute Gasteiger partial charge is 0.294 e. The molecule has 0 radical (unpaired) electrons. The van der Waals surface area contributed by atoms with Crippen LogP contribution in [0.1, 0.15) is 0 Å². The first kappa shape index (κ1) is 13.9. The largest absolute Gasteiger partial charge is 0.337 e. The van der Waals surface area contributed by atoms with Crippen LogP contribution in [-0.2, 0) is 10.1 Å². The fourth-order valence-corrected chi connectivity index (χ4v) is 2.02. The van der Waals surface area contributed by atoms with Gasteiger partial charge in [-0.1, -0.05) is 29.3 Å². The van der Waals surface area contributed by atoms with Crippen LogP contribution in [0.15, 0.2) is 29.2 Å². The molecule has 100 valence electrons. The number of hydrogen-bond donors (Lipinski definition) is 2. The molecule has 10 heteroatoms. The lowest BCUT2D eigenvalue weighted by atomic mass is 10.3. The van der Waals surface area contributed by atoms with Crippen LogP contribution in [0, 0.1) is 0 Å². The third-order valence-electron chi connectivity index (χ3n) is 2.06. The van der Waals surface area contributed by atoms with Crippen molar-refractivity contribution in [3.8, 4) is 0 Å². The molecular formula is C9H6Cl2N4O3S. The summed E-state index contributed by atoms with van der Waals surface area (Å²) in [7, 11) is -4.28. The normalized spacial score (nSPS) is 11.3. The highest BCUT2D eigenvalue weighted by molar-refractivity contribution is 7.85. The number of nitrogens with one attached hydrogen (secondary N) is 1. The van der Waals surface area contributed by atoms with Crippen molar-refractivity contribution in [1.82, 2.24) is 15.4 Å². The molecule has 0 aliphatic rings. The van der Waals surface area contributed by atoms with E-state index >= 15 is 0 Å². The number of halogens is 2. The number of aromatic nitrogens is 3. The highest BCUT2D eigenvalue weighted by atomic mass is 35.5. The lowest BCUT2D eigenvalue weighted by molar-refractivity contribution is 0.483. The van der Waals surface area contributed by atoms with Crippen molar-refractivity contribution in [3.05, 3.63) is 34.4 Å². The van der Waals surface area contributed by atoms with E-state index in [1.807, 2.05) is 0 Å². The second kappa shape index (κ2) is 5.25. The molecule has 1 heterocycles. The Balaban J connectivity index is 2.37. The molecule has 0 aliphatic heterocycles. The van der Waals surface area contributed by atoms with Crippen molar-refractivity contribution < 1.29 is 13.0 Å². The average molecular weight is 321 g/mol. The van der Waals surface area contributed by atoms with Gasteiger partial charge in [-0.25, -0.2) is 0 Å². The van der Waals surface area contributed by atoms with Crippen molar-refractivity contribution in [1.29, 1.82) is 0 Å². The SMILES string of the molecule is O=S(=O)(O)c1cccc(Nc2nnnc(Cl)c2Cl)c1. The Kier molecular flexibility index (Phi) is 3.85. The van der Waals surface area contributed by atoms with Gasteiger partial charge in [0, 0.05) is 5.69 Å². The molecule has 0 aliphatic carbocycles. The van der Waals surface area contributed by atoms with E-state index in [9.17, 15) is 8.42 Å². The van der Waals surface area contributed by atoms with Crippen molar-refractivity contribution in [2.24, 2.45) is 0 Å². The van der Waals surface area contributed by atoms with Crippen LogP contribution in [0.2, 0.25) is 10.2 Å². The zero-order chi connectivity index (χ0) is 14.0. The fraction of sp³-hybridized carbons (Fsp3) is 0. The van der Waals surface area contributed by atoms with Gasteiger partial charge in [0.2, 0.25) is 0 Å². The quantitative estimate of drug-likeness (QED) is 0.835. The maximum atomic E-state index is 11.0. The summed E-state index contributed by atoms with van der Waals surface area (Å²) >= 11 is 11.5. The van der Waals surface area contributed by atoms with Crippen LogP contribution in [0.5, 0.6) is 0 Å². The summed E-state index contributed by atoms with van der Waals surface area (Å²) in [6.45, 7) is 0. The van der Waals surface area contributed by atoms with Gasteiger partial charge < -0.3 is 5.32 Å². The highest BCUT2D eigenvalue weighted by Gasteiger charge is 2.12. The van der Waals surface area contributed by atoms with Crippen LogP contribution in [-0.4, -0.2) is 28.4 Å². The van der Waals surface area contributed by atoms with Gasteiger partial charge in [-0.3, -0.25) is 4.55 Å².